The lowest BCUT2D eigenvalue weighted by atomic mass is 10.0. The molecule has 1 aliphatic rings. The van der Waals surface area contributed by atoms with Crippen molar-refractivity contribution in [3.8, 4) is 0 Å². The molecular weight excluding hydrogens is 220 g/mol. The SMILES string of the molecule is CCCc1ccccc1NC(C)CC1CCCN1. The van der Waals surface area contributed by atoms with Gasteiger partial charge in [-0.15, -0.1) is 0 Å². The molecular formula is C16H26N2. The molecule has 1 saturated heterocycles. The Morgan fingerprint density at radius 1 is 1.39 bits per heavy atom. The standard InChI is InChI=1S/C16H26N2/c1-3-7-14-8-4-5-10-16(14)18-13(2)12-15-9-6-11-17-15/h4-5,8,10,13,15,17-18H,3,6-7,9,11-12H2,1-2H3. The van der Waals surface area contributed by atoms with Gasteiger partial charge in [0.05, 0.1) is 0 Å². The summed E-state index contributed by atoms with van der Waals surface area (Å²) in [6.07, 6.45) is 6.27. The van der Waals surface area contributed by atoms with Crippen LogP contribution in [0.1, 0.15) is 45.1 Å². The summed E-state index contributed by atoms with van der Waals surface area (Å²) in [5.74, 6) is 0. The van der Waals surface area contributed by atoms with Crippen LogP contribution in [-0.4, -0.2) is 18.6 Å². The van der Waals surface area contributed by atoms with Gasteiger partial charge in [0.2, 0.25) is 0 Å². The molecule has 0 amide bonds. The quantitative estimate of drug-likeness (QED) is 0.801. The van der Waals surface area contributed by atoms with E-state index >= 15 is 0 Å². The largest absolute Gasteiger partial charge is 0.382 e. The molecule has 1 aromatic carbocycles. The molecule has 1 aliphatic heterocycles. The molecule has 2 atom stereocenters. The van der Waals surface area contributed by atoms with Crippen LogP contribution in [-0.2, 0) is 6.42 Å². The van der Waals surface area contributed by atoms with Crippen LogP contribution in [0.5, 0.6) is 0 Å². The van der Waals surface area contributed by atoms with E-state index in [1.807, 2.05) is 0 Å². The number of aryl methyl sites for hydroxylation is 1. The Morgan fingerprint density at radius 3 is 2.94 bits per heavy atom. The molecule has 1 aromatic rings. The van der Waals surface area contributed by atoms with Gasteiger partial charge in [-0.25, -0.2) is 0 Å². The first-order chi connectivity index (χ1) is 8.79. The molecule has 100 valence electrons. The van der Waals surface area contributed by atoms with E-state index in [-0.39, 0.29) is 0 Å². The first-order valence-corrected chi connectivity index (χ1v) is 7.37. The first kappa shape index (κ1) is 13.4. The molecule has 1 heterocycles. The van der Waals surface area contributed by atoms with Gasteiger partial charge in [0.25, 0.3) is 0 Å². The van der Waals surface area contributed by atoms with Gasteiger partial charge in [-0.3, -0.25) is 0 Å². The normalized spacial score (nSPS) is 20.9. The van der Waals surface area contributed by atoms with Gasteiger partial charge < -0.3 is 10.6 Å². The van der Waals surface area contributed by atoms with Crippen molar-refractivity contribution in [1.29, 1.82) is 0 Å². The van der Waals surface area contributed by atoms with Gasteiger partial charge in [-0.1, -0.05) is 31.5 Å². The number of anilines is 1. The summed E-state index contributed by atoms with van der Waals surface area (Å²) in [6.45, 7) is 5.73. The third kappa shape index (κ3) is 3.74. The van der Waals surface area contributed by atoms with Gasteiger partial charge >= 0.3 is 0 Å². The number of benzene rings is 1. The zero-order chi connectivity index (χ0) is 12.8. The highest BCUT2D eigenvalue weighted by Crippen LogP contribution is 2.20. The highest BCUT2D eigenvalue weighted by atomic mass is 15.0. The predicted octanol–water partition coefficient (Wildman–Crippen LogP) is 3.58. The Kier molecular flexibility index (Phi) is 5.06. The second-order valence-electron chi connectivity index (χ2n) is 5.48. The van der Waals surface area contributed by atoms with Crippen LogP contribution in [0.2, 0.25) is 0 Å². The topological polar surface area (TPSA) is 24.1 Å². The molecule has 18 heavy (non-hydrogen) atoms. The molecule has 0 spiro atoms. The second-order valence-corrected chi connectivity index (χ2v) is 5.48. The van der Waals surface area contributed by atoms with Crippen LogP contribution >= 0.6 is 0 Å². The van der Waals surface area contributed by atoms with Crippen molar-refractivity contribution in [3.63, 3.8) is 0 Å². The first-order valence-electron chi connectivity index (χ1n) is 7.37. The minimum atomic E-state index is 0.540. The molecule has 2 nitrogen and oxygen atoms in total. The Labute approximate surface area is 111 Å². The maximum atomic E-state index is 3.68. The van der Waals surface area contributed by atoms with Gasteiger partial charge in [0.1, 0.15) is 0 Å². The van der Waals surface area contributed by atoms with Crippen LogP contribution < -0.4 is 10.6 Å². The summed E-state index contributed by atoms with van der Waals surface area (Å²) in [5.41, 5.74) is 2.77. The van der Waals surface area contributed by atoms with Gasteiger partial charge in [-0.2, -0.15) is 0 Å². The summed E-state index contributed by atoms with van der Waals surface area (Å²) in [4.78, 5) is 0. The fraction of sp³-hybridized carbons (Fsp3) is 0.625. The lowest BCUT2D eigenvalue weighted by Crippen LogP contribution is -2.29. The van der Waals surface area contributed by atoms with Crippen LogP contribution in [0.4, 0.5) is 5.69 Å². The number of hydrogen-bond donors (Lipinski definition) is 2. The number of para-hydroxylation sites is 1. The highest BCUT2D eigenvalue weighted by Gasteiger charge is 2.17. The minimum Gasteiger partial charge on any atom is -0.382 e. The zero-order valence-electron chi connectivity index (χ0n) is 11.7. The Hall–Kier alpha value is -1.02. The van der Waals surface area contributed by atoms with Gasteiger partial charge in [-0.05, 0) is 50.8 Å². The van der Waals surface area contributed by atoms with Crippen LogP contribution in [0.15, 0.2) is 24.3 Å². The van der Waals surface area contributed by atoms with E-state index in [1.54, 1.807) is 0 Å². The van der Waals surface area contributed by atoms with Gasteiger partial charge in [0.15, 0.2) is 0 Å². The number of hydrogen-bond acceptors (Lipinski definition) is 2. The fourth-order valence-corrected chi connectivity index (χ4v) is 2.86. The number of rotatable bonds is 6. The van der Waals surface area contributed by atoms with Crippen LogP contribution in [0, 0.1) is 0 Å². The molecule has 0 aromatic heterocycles. The average Bonchev–Trinajstić information content (AvgIpc) is 2.84. The van der Waals surface area contributed by atoms with E-state index in [9.17, 15) is 0 Å². The molecule has 1 fully saturated rings. The van der Waals surface area contributed by atoms with Crippen LogP contribution in [0.25, 0.3) is 0 Å². The summed E-state index contributed by atoms with van der Waals surface area (Å²) in [5, 5.41) is 7.26. The summed E-state index contributed by atoms with van der Waals surface area (Å²) < 4.78 is 0. The molecule has 2 rings (SSSR count). The van der Waals surface area contributed by atoms with E-state index in [0.29, 0.717) is 12.1 Å². The summed E-state index contributed by atoms with van der Waals surface area (Å²) in [7, 11) is 0. The van der Waals surface area contributed by atoms with E-state index in [4.69, 9.17) is 0 Å². The van der Waals surface area contributed by atoms with E-state index in [1.165, 1.54) is 43.5 Å². The number of nitrogens with one attached hydrogen (secondary N) is 2. The molecule has 0 saturated carbocycles. The highest BCUT2D eigenvalue weighted by molar-refractivity contribution is 5.51. The van der Waals surface area contributed by atoms with Gasteiger partial charge in [0, 0.05) is 17.8 Å². The molecule has 2 heteroatoms. The summed E-state index contributed by atoms with van der Waals surface area (Å²) >= 11 is 0. The van der Waals surface area contributed by atoms with E-state index in [2.05, 4.69) is 48.7 Å². The van der Waals surface area contributed by atoms with Crippen molar-refractivity contribution in [2.24, 2.45) is 0 Å². The van der Waals surface area contributed by atoms with Crippen molar-refractivity contribution >= 4 is 5.69 Å². The molecule has 2 N–H and O–H groups in total. The predicted molar refractivity (Wildman–Crippen MR) is 79.2 cm³/mol. The Morgan fingerprint density at radius 2 is 2.22 bits per heavy atom. The fourth-order valence-electron chi connectivity index (χ4n) is 2.86. The van der Waals surface area contributed by atoms with Crippen molar-refractivity contribution in [2.45, 2.75) is 58.0 Å². The van der Waals surface area contributed by atoms with Crippen molar-refractivity contribution < 1.29 is 0 Å². The van der Waals surface area contributed by atoms with Crippen LogP contribution in [0.3, 0.4) is 0 Å². The third-order valence-corrected chi connectivity index (χ3v) is 3.74. The van der Waals surface area contributed by atoms with Crippen molar-refractivity contribution in [1.82, 2.24) is 5.32 Å². The lowest BCUT2D eigenvalue weighted by Gasteiger charge is -2.21. The zero-order valence-corrected chi connectivity index (χ0v) is 11.7. The van der Waals surface area contributed by atoms with Crippen molar-refractivity contribution in [2.75, 3.05) is 11.9 Å². The van der Waals surface area contributed by atoms with Crippen molar-refractivity contribution in [3.05, 3.63) is 29.8 Å². The Bertz CT molecular complexity index is 356. The maximum Gasteiger partial charge on any atom is 0.0374 e. The smallest absolute Gasteiger partial charge is 0.0374 e. The second kappa shape index (κ2) is 6.79. The monoisotopic (exact) mass is 246 g/mol. The molecule has 0 bridgehead atoms. The van der Waals surface area contributed by atoms with E-state index < -0.39 is 0 Å². The molecule has 2 unspecified atom stereocenters. The maximum absolute atomic E-state index is 3.68. The third-order valence-electron chi connectivity index (χ3n) is 3.74. The summed E-state index contributed by atoms with van der Waals surface area (Å²) in [6, 6.07) is 9.97. The lowest BCUT2D eigenvalue weighted by molar-refractivity contribution is 0.523. The average molecular weight is 246 g/mol. The molecule has 0 aliphatic carbocycles. The molecule has 0 radical (unpaired) electrons. The minimum absolute atomic E-state index is 0.540. The Balaban J connectivity index is 1.90. The van der Waals surface area contributed by atoms with E-state index in [0.717, 1.165) is 6.42 Å².